The van der Waals surface area contributed by atoms with Gasteiger partial charge < -0.3 is 24.3 Å². The summed E-state index contributed by atoms with van der Waals surface area (Å²) in [5.74, 6) is 2.07. The van der Waals surface area contributed by atoms with E-state index in [4.69, 9.17) is 4.74 Å². The van der Waals surface area contributed by atoms with Crippen molar-refractivity contribution in [2.75, 3.05) is 65.6 Å². The minimum absolute atomic E-state index is 0.445. The predicted molar refractivity (Wildman–Crippen MR) is 155 cm³/mol. The van der Waals surface area contributed by atoms with Gasteiger partial charge in [-0.2, -0.15) is 0 Å². The van der Waals surface area contributed by atoms with E-state index in [-0.39, 0.29) is 0 Å². The van der Waals surface area contributed by atoms with E-state index in [2.05, 4.69) is 84.4 Å². The summed E-state index contributed by atoms with van der Waals surface area (Å²) in [7, 11) is 0. The molecular weight excluding hydrogens is 432 g/mol. The Morgan fingerprint density at radius 2 is 0.600 bits per heavy atom. The van der Waals surface area contributed by atoms with E-state index in [1.807, 2.05) is 48.6 Å². The molecule has 0 heterocycles. The molecule has 0 N–H and O–H groups in total. The van der Waals surface area contributed by atoms with E-state index in [1.165, 1.54) is 0 Å². The second-order valence-corrected chi connectivity index (χ2v) is 7.59. The van der Waals surface area contributed by atoms with Gasteiger partial charge in [-0.25, -0.2) is 0 Å². The third kappa shape index (κ3) is 12.6. The molecule has 192 valence electrons. The molecule has 0 aromatic rings. The Bertz CT molecular complexity index is 595. The zero-order valence-electron chi connectivity index (χ0n) is 21.7. The van der Waals surface area contributed by atoms with E-state index >= 15 is 0 Å². The second-order valence-electron chi connectivity index (χ2n) is 7.59. The van der Waals surface area contributed by atoms with Crippen LogP contribution in [0.1, 0.15) is 0 Å². The first-order valence-corrected chi connectivity index (χ1v) is 11.9. The van der Waals surface area contributed by atoms with Crippen molar-refractivity contribution >= 4 is 0 Å². The summed E-state index contributed by atoms with van der Waals surface area (Å²) in [6.07, 6.45) is 19.2. The summed E-state index contributed by atoms with van der Waals surface area (Å²) in [5.41, 5.74) is 0. The van der Waals surface area contributed by atoms with Gasteiger partial charge >= 0.3 is 0 Å². The Morgan fingerprint density at radius 1 is 0.400 bits per heavy atom. The highest BCUT2D eigenvalue weighted by atomic mass is 16.5. The van der Waals surface area contributed by atoms with Crippen molar-refractivity contribution in [1.29, 1.82) is 0 Å². The normalized spacial score (nSPS) is 9.60. The lowest BCUT2D eigenvalue weighted by Crippen LogP contribution is -2.37. The van der Waals surface area contributed by atoms with Crippen molar-refractivity contribution in [3.63, 3.8) is 0 Å². The summed E-state index contributed by atoms with van der Waals surface area (Å²) in [4.78, 5) is 8.79. The average Bonchev–Trinajstić information content (AvgIpc) is 2.84. The highest BCUT2D eigenvalue weighted by molar-refractivity contribution is 5.09. The van der Waals surface area contributed by atoms with Gasteiger partial charge in [-0.1, -0.05) is 48.6 Å². The van der Waals surface area contributed by atoms with Gasteiger partial charge in [0, 0.05) is 52.4 Å². The minimum atomic E-state index is 0.445. The van der Waals surface area contributed by atoms with Crippen LogP contribution in [-0.2, 0) is 4.74 Å². The van der Waals surface area contributed by atoms with Crippen molar-refractivity contribution in [1.82, 2.24) is 19.6 Å². The van der Waals surface area contributed by atoms with Gasteiger partial charge in [0.15, 0.2) is 0 Å². The molecule has 0 unspecified atom stereocenters. The fourth-order valence-corrected chi connectivity index (χ4v) is 3.54. The fourth-order valence-electron chi connectivity index (χ4n) is 3.54. The number of rotatable bonds is 24. The lowest BCUT2D eigenvalue weighted by molar-refractivity contribution is 0.178. The van der Waals surface area contributed by atoms with E-state index in [0.717, 1.165) is 11.6 Å². The molecule has 0 aliphatic rings. The van der Waals surface area contributed by atoms with Crippen LogP contribution in [0.25, 0.3) is 0 Å². The third-order valence-electron chi connectivity index (χ3n) is 4.86. The Kier molecular flexibility index (Phi) is 19.0. The molecule has 0 aromatic carbocycles. The fraction of sp³-hybridized carbons (Fsp3) is 0.333. The van der Waals surface area contributed by atoms with E-state index < -0.39 is 0 Å². The first kappa shape index (κ1) is 31.6. The van der Waals surface area contributed by atoms with Crippen LogP contribution in [0.3, 0.4) is 0 Å². The maximum atomic E-state index is 6.05. The lowest BCUT2D eigenvalue weighted by atomic mass is 10.3. The number of hydrogen-bond donors (Lipinski definition) is 0. The van der Waals surface area contributed by atoms with E-state index in [1.54, 1.807) is 0 Å². The van der Waals surface area contributed by atoms with Crippen molar-refractivity contribution in [2.24, 2.45) is 0 Å². The summed E-state index contributed by atoms with van der Waals surface area (Å²) in [6, 6.07) is 0. The topological polar surface area (TPSA) is 22.2 Å². The zero-order chi connectivity index (χ0) is 26.3. The summed E-state index contributed by atoms with van der Waals surface area (Å²) < 4.78 is 6.05. The summed E-state index contributed by atoms with van der Waals surface area (Å²) in [6.45, 7) is 37.7. The summed E-state index contributed by atoms with van der Waals surface area (Å²) in [5, 5.41) is 0. The molecule has 0 aliphatic carbocycles. The molecule has 0 bridgehead atoms. The Balaban J connectivity index is 5.82. The molecule has 0 aromatic heterocycles. The van der Waals surface area contributed by atoms with Crippen LogP contribution in [0.4, 0.5) is 0 Å². The molecule has 0 atom stereocenters. The zero-order valence-corrected chi connectivity index (χ0v) is 21.7. The smallest absolute Gasteiger partial charge is 0.103 e. The van der Waals surface area contributed by atoms with Crippen molar-refractivity contribution < 1.29 is 4.74 Å². The standard InChI is InChI=1S/C30H46N4O/c1-9-19-31(20-10-2)29(32(21-11-3)22-12-4)17-27-35-28-18-30(33(23-13-5)24-14-6)34(25-15-7)26-16-8/h9-18H,1-8,19-28H2. The molecule has 5 nitrogen and oxygen atoms in total. The van der Waals surface area contributed by atoms with Gasteiger partial charge in [0.1, 0.15) is 11.6 Å². The monoisotopic (exact) mass is 478 g/mol. The number of ether oxygens (including phenoxy) is 1. The van der Waals surface area contributed by atoms with Crippen LogP contribution in [0, 0.1) is 0 Å². The second kappa shape index (κ2) is 21.1. The first-order valence-electron chi connectivity index (χ1n) is 11.9. The highest BCUT2D eigenvalue weighted by Gasteiger charge is 2.15. The van der Waals surface area contributed by atoms with Gasteiger partial charge in [-0.15, -0.1) is 52.6 Å². The van der Waals surface area contributed by atoms with Crippen LogP contribution in [0.2, 0.25) is 0 Å². The maximum Gasteiger partial charge on any atom is 0.103 e. The molecule has 0 rings (SSSR count). The summed E-state index contributed by atoms with van der Waals surface area (Å²) >= 11 is 0. The highest BCUT2D eigenvalue weighted by Crippen LogP contribution is 2.14. The van der Waals surface area contributed by atoms with Crippen molar-refractivity contribution in [2.45, 2.75) is 0 Å². The molecule has 5 heteroatoms. The number of hydrogen-bond acceptors (Lipinski definition) is 5. The van der Waals surface area contributed by atoms with Crippen molar-refractivity contribution in [3.8, 4) is 0 Å². The number of nitrogens with zero attached hydrogens (tertiary/aromatic N) is 4. The predicted octanol–water partition coefficient (Wildman–Crippen LogP) is 5.38. The Labute approximate surface area is 215 Å². The van der Waals surface area contributed by atoms with Crippen LogP contribution in [0.5, 0.6) is 0 Å². The molecular formula is C30H46N4O. The Hall–Kier alpha value is -3.44. The molecule has 0 amide bonds. The van der Waals surface area contributed by atoms with Gasteiger partial charge in [0.05, 0.1) is 13.2 Å². The molecule has 0 fully saturated rings. The Morgan fingerprint density at radius 3 is 0.771 bits per heavy atom. The van der Waals surface area contributed by atoms with E-state index in [0.29, 0.717) is 65.6 Å². The van der Waals surface area contributed by atoms with Gasteiger partial charge in [0.2, 0.25) is 0 Å². The largest absolute Gasteiger partial charge is 0.373 e. The van der Waals surface area contributed by atoms with Crippen molar-refractivity contribution in [3.05, 3.63) is 125 Å². The maximum absolute atomic E-state index is 6.05. The molecule has 35 heavy (non-hydrogen) atoms. The first-order chi connectivity index (χ1) is 17.1. The van der Waals surface area contributed by atoms with Gasteiger partial charge in [-0.3, -0.25) is 0 Å². The minimum Gasteiger partial charge on any atom is -0.373 e. The SMILES string of the molecule is C=CCN(CC=C)C(=CCOCC=C(N(CC=C)CC=C)N(CC=C)CC=C)N(CC=C)CC=C. The van der Waals surface area contributed by atoms with E-state index in [9.17, 15) is 0 Å². The molecule has 0 radical (unpaired) electrons. The third-order valence-corrected chi connectivity index (χ3v) is 4.86. The van der Waals surface area contributed by atoms with Crippen LogP contribution in [0.15, 0.2) is 125 Å². The molecule has 0 saturated carbocycles. The lowest BCUT2D eigenvalue weighted by Gasteiger charge is -2.34. The van der Waals surface area contributed by atoms with Gasteiger partial charge in [-0.05, 0) is 12.2 Å². The quantitative estimate of drug-likeness (QED) is 0.137. The molecule has 0 spiro atoms. The molecule has 0 aliphatic heterocycles. The van der Waals surface area contributed by atoms with Crippen LogP contribution in [-0.4, -0.2) is 85.2 Å². The molecule has 0 saturated heterocycles. The van der Waals surface area contributed by atoms with Crippen LogP contribution < -0.4 is 0 Å². The van der Waals surface area contributed by atoms with Crippen LogP contribution >= 0.6 is 0 Å². The average molecular weight is 479 g/mol. The van der Waals surface area contributed by atoms with Gasteiger partial charge in [0.25, 0.3) is 0 Å².